The molecule has 1 aromatic heterocycles. The number of hydrogen-bond donors (Lipinski definition) is 2. The Labute approximate surface area is 163 Å². The van der Waals surface area contributed by atoms with Crippen molar-refractivity contribution in [1.29, 1.82) is 0 Å². The molecule has 2 aromatic carbocycles. The first-order valence-corrected chi connectivity index (χ1v) is 9.55. The molecule has 0 aliphatic carbocycles. The third-order valence-corrected chi connectivity index (χ3v) is 5.22. The molecule has 0 amide bonds. The zero-order valence-corrected chi connectivity index (χ0v) is 16.1. The number of halogens is 3. The number of hydrogen-bond acceptors (Lipinski definition) is 3. The first-order valence-electron chi connectivity index (χ1n) is 8.40. The highest BCUT2D eigenvalue weighted by Crippen LogP contribution is 2.33. The lowest BCUT2D eigenvalue weighted by Crippen LogP contribution is -2.13. The fourth-order valence-corrected chi connectivity index (χ4v) is 3.47. The lowest BCUT2D eigenvalue weighted by Gasteiger charge is -2.16. The van der Waals surface area contributed by atoms with Crippen LogP contribution in [0.5, 0.6) is 0 Å². The highest BCUT2D eigenvalue weighted by Gasteiger charge is 2.32. The second-order valence-corrected chi connectivity index (χ2v) is 7.53. The molecular weight excluding hydrogens is 389 g/mol. The molecule has 2 N–H and O–H groups in total. The summed E-state index contributed by atoms with van der Waals surface area (Å²) in [6.45, 7) is -0.00994. The van der Waals surface area contributed by atoms with Gasteiger partial charge in [0.25, 0.3) is 0 Å². The van der Waals surface area contributed by atoms with Crippen LogP contribution >= 0.6 is 0 Å². The van der Waals surface area contributed by atoms with E-state index in [1.54, 1.807) is 48.4 Å². The number of aromatic nitrogens is 2. The van der Waals surface area contributed by atoms with Gasteiger partial charge in [0, 0.05) is 31.0 Å². The van der Waals surface area contributed by atoms with Crippen LogP contribution < -0.4 is 10.0 Å². The van der Waals surface area contributed by atoms with Gasteiger partial charge >= 0.3 is 6.18 Å². The number of alkyl halides is 3. The Morgan fingerprint density at radius 3 is 2.57 bits per heavy atom. The molecule has 5 nitrogen and oxygen atoms in total. The number of nitrogens with one attached hydrogen (secondary N) is 2. The molecule has 0 spiro atoms. The largest absolute Gasteiger partial charge is 0.416 e. The molecule has 1 atom stereocenters. The van der Waals surface area contributed by atoms with Gasteiger partial charge < -0.3 is 9.88 Å². The van der Waals surface area contributed by atoms with Crippen molar-refractivity contribution >= 4 is 16.7 Å². The van der Waals surface area contributed by atoms with Gasteiger partial charge in [-0.3, -0.25) is 0 Å². The van der Waals surface area contributed by atoms with Gasteiger partial charge in [-0.2, -0.15) is 13.2 Å². The first kappa shape index (κ1) is 20.1. The molecule has 0 fully saturated rings. The van der Waals surface area contributed by atoms with Crippen molar-refractivity contribution in [3.63, 3.8) is 0 Å². The molecule has 0 aliphatic heterocycles. The van der Waals surface area contributed by atoms with Crippen LogP contribution in [0.25, 0.3) is 11.3 Å². The standard InChI is InChI=1S/C19H19F3N4OS/c1-23-28(27)14-7-8-17(15(9-14)18-11-26(2)12-25-18)24-10-13-5-3-4-6-16(13)19(20,21)22/h3-9,11-12,23-24H,10H2,1-2H3. The zero-order valence-electron chi connectivity index (χ0n) is 15.2. The van der Waals surface area contributed by atoms with Crippen LogP contribution in [0.15, 0.2) is 59.9 Å². The minimum Gasteiger partial charge on any atom is -0.380 e. The molecule has 1 unspecified atom stereocenters. The van der Waals surface area contributed by atoms with E-state index in [0.717, 1.165) is 6.07 Å². The summed E-state index contributed by atoms with van der Waals surface area (Å²) in [4.78, 5) is 4.85. The first-order chi connectivity index (χ1) is 13.3. The summed E-state index contributed by atoms with van der Waals surface area (Å²) in [6.07, 6.45) is -1.01. The second kappa shape index (κ2) is 8.15. The number of anilines is 1. The van der Waals surface area contributed by atoms with E-state index in [-0.39, 0.29) is 12.1 Å². The maximum absolute atomic E-state index is 13.2. The fourth-order valence-electron chi connectivity index (χ4n) is 2.82. The quantitative estimate of drug-likeness (QED) is 0.649. The van der Waals surface area contributed by atoms with Crippen LogP contribution in [0.3, 0.4) is 0 Å². The van der Waals surface area contributed by atoms with Crippen LogP contribution in [0.4, 0.5) is 18.9 Å². The molecule has 0 aliphatic rings. The Morgan fingerprint density at radius 1 is 1.18 bits per heavy atom. The Kier molecular flexibility index (Phi) is 5.85. The smallest absolute Gasteiger partial charge is 0.380 e. The fraction of sp³-hybridized carbons (Fsp3) is 0.211. The van der Waals surface area contributed by atoms with Crippen molar-refractivity contribution in [3.8, 4) is 11.3 Å². The van der Waals surface area contributed by atoms with E-state index in [0.29, 0.717) is 21.8 Å². The lowest BCUT2D eigenvalue weighted by atomic mass is 10.1. The van der Waals surface area contributed by atoms with Gasteiger partial charge in [-0.05, 0) is 36.9 Å². The molecule has 0 bridgehead atoms. The van der Waals surface area contributed by atoms with Gasteiger partial charge in [-0.1, -0.05) is 18.2 Å². The van der Waals surface area contributed by atoms with E-state index in [9.17, 15) is 17.4 Å². The predicted octanol–water partition coefficient (Wildman–Crippen LogP) is 3.96. The normalized spacial score (nSPS) is 12.8. The molecule has 28 heavy (non-hydrogen) atoms. The number of rotatable bonds is 6. The number of nitrogens with zero attached hydrogens (tertiary/aromatic N) is 2. The highest BCUT2D eigenvalue weighted by molar-refractivity contribution is 7.83. The van der Waals surface area contributed by atoms with Crippen LogP contribution in [-0.2, 0) is 30.8 Å². The molecule has 3 rings (SSSR count). The van der Waals surface area contributed by atoms with E-state index >= 15 is 0 Å². The molecular formula is C19H19F3N4OS. The number of imidazole rings is 1. The molecule has 1 heterocycles. The summed E-state index contributed by atoms with van der Waals surface area (Å²) >= 11 is 0. The molecule has 0 saturated carbocycles. The van der Waals surface area contributed by atoms with Crippen molar-refractivity contribution < 1.29 is 17.4 Å². The van der Waals surface area contributed by atoms with Crippen LogP contribution in [0.2, 0.25) is 0 Å². The van der Waals surface area contributed by atoms with Gasteiger partial charge in [-0.15, -0.1) is 0 Å². The zero-order chi connectivity index (χ0) is 20.3. The predicted molar refractivity (Wildman–Crippen MR) is 103 cm³/mol. The van der Waals surface area contributed by atoms with Crippen molar-refractivity contribution in [2.45, 2.75) is 17.6 Å². The maximum Gasteiger partial charge on any atom is 0.416 e. The average Bonchev–Trinajstić information content (AvgIpc) is 3.11. The van der Waals surface area contributed by atoms with Crippen molar-refractivity contribution in [3.05, 3.63) is 66.1 Å². The molecule has 148 valence electrons. The van der Waals surface area contributed by atoms with Gasteiger partial charge in [0.05, 0.1) is 22.5 Å². The van der Waals surface area contributed by atoms with Gasteiger partial charge in [0.2, 0.25) is 0 Å². The summed E-state index contributed by atoms with van der Waals surface area (Å²) in [7, 11) is 2.01. The van der Waals surface area contributed by atoms with Gasteiger partial charge in [0.1, 0.15) is 11.0 Å². The van der Waals surface area contributed by atoms with E-state index in [1.807, 2.05) is 7.05 Å². The summed E-state index contributed by atoms with van der Waals surface area (Å²) in [5.74, 6) is 0. The summed E-state index contributed by atoms with van der Waals surface area (Å²) in [6, 6.07) is 10.5. The van der Waals surface area contributed by atoms with E-state index in [2.05, 4.69) is 15.0 Å². The Hall–Kier alpha value is -2.65. The van der Waals surface area contributed by atoms with Crippen LogP contribution in [-0.4, -0.2) is 20.8 Å². The summed E-state index contributed by atoms with van der Waals surface area (Å²) in [5, 5.41) is 3.07. The summed E-state index contributed by atoms with van der Waals surface area (Å²) in [5.41, 5.74) is 1.36. The molecule has 0 radical (unpaired) electrons. The van der Waals surface area contributed by atoms with Crippen molar-refractivity contribution in [1.82, 2.24) is 14.3 Å². The second-order valence-electron chi connectivity index (χ2n) is 6.11. The van der Waals surface area contributed by atoms with E-state index < -0.39 is 22.7 Å². The van der Waals surface area contributed by atoms with E-state index in [1.165, 1.54) is 12.1 Å². The molecule has 9 heteroatoms. The maximum atomic E-state index is 13.2. The molecule has 3 aromatic rings. The van der Waals surface area contributed by atoms with E-state index in [4.69, 9.17) is 0 Å². The monoisotopic (exact) mass is 408 g/mol. The lowest BCUT2D eigenvalue weighted by molar-refractivity contribution is -0.138. The van der Waals surface area contributed by atoms with Gasteiger partial charge in [-0.25, -0.2) is 13.9 Å². The van der Waals surface area contributed by atoms with Crippen molar-refractivity contribution in [2.24, 2.45) is 7.05 Å². The minimum atomic E-state index is -4.42. The summed E-state index contributed by atoms with van der Waals surface area (Å²) < 4.78 is 56.2. The van der Waals surface area contributed by atoms with Crippen molar-refractivity contribution in [2.75, 3.05) is 12.4 Å². The van der Waals surface area contributed by atoms with Crippen LogP contribution in [0.1, 0.15) is 11.1 Å². The third kappa shape index (κ3) is 4.42. The third-order valence-electron chi connectivity index (χ3n) is 4.16. The number of benzene rings is 2. The highest BCUT2D eigenvalue weighted by atomic mass is 32.2. The Morgan fingerprint density at radius 2 is 1.93 bits per heavy atom. The van der Waals surface area contributed by atoms with Crippen LogP contribution in [0, 0.1) is 0 Å². The Balaban J connectivity index is 1.95. The number of aryl methyl sites for hydroxylation is 1. The average molecular weight is 408 g/mol. The molecule has 0 saturated heterocycles. The van der Waals surface area contributed by atoms with Gasteiger partial charge in [0.15, 0.2) is 0 Å². The SMILES string of the molecule is CNS(=O)c1ccc(NCc2ccccc2C(F)(F)F)c(-c2cn(C)cn2)c1. The topological polar surface area (TPSA) is 59.0 Å². The Bertz CT molecular complexity index is 1000. The minimum absolute atomic E-state index is 0.00994.